The molecule has 0 aliphatic carbocycles. The summed E-state index contributed by atoms with van der Waals surface area (Å²) in [5.74, 6) is -1.42. The number of methoxy groups -OCH3 is 1. The topological polar surface area (TPSA) is 128 Å². The van der Waals surface area contributed by atoms with Gasteiger partial charge in [-0.1, -0.05) is 6.92 Å². The Morgan fingerprint density at radius 3 is 2.42 bits per heavy atom. The fraction of sp³-hybridized carbons (Fsp3) is 0.467. The number of carbonyl (C=O) groups is 2. The number of hydrogen-bond donors (Lipinski definition) is 2. The highest BCUT2D eigenvalue weighted by molar-refractivity contribution is 5.74. The first kappa shape index (κ1) is 19.2. The van der Waals surface area contributed by atoms with Crippen molar-refractivity contribution >= 4 is 17.6 Å². The summed E-state index contributed by atoms with van der Waals surface area (Å²) in [7, 11) is 1.34. The number of rotatable bonds is 8. The number of nitrogens with one attached hydrogen (secondary N) is 1. The number of aliphatic carboxylic acids is 1. The van der Waals surface area contributed by atoms with E-state index in [2.05, 4.69) is 5.32 Å². The van der Waals surface area contributed by atoms with Crippen LogP contribution in [0.1, 0.15) is 38.8 Å². The number of carboxylic acid groups (broad SMARTS) is 1. The smallest absolute Gasteiger partial charge is 0.344 e. The molecule has 24 heavy (non-hydrogen) atoms. The SMILES string of the molecule is CCC(Oc1cc([N+](=O)[O-])c(C(C)NC(C)=O)cc1OC)C(=O)O. The standard InChI is InChI=1S/C15H20N2O7/c1-5-12(15(19)20)24-14-7-11(17(21)22)10(6-13(14)23-4)8(2)16-9(3)18/h6-8,12H,5H2,1-4H3,(H,16,18)(H,19,20). The fourth-order valence-electron chi connectivity index (χ4n) is 2.17. The van der Waals surface area contributed by atoms with Crippen LogP contribution in [0.5, 0.6) is 11.5 Å². The average molecular weight is 340 g/mol. The molecule has 1 aromatic rings. The van der Waals surface area contributed by atoms with Gasteiger partial charge in [0.15, 0.2) is 17.6 Å². The predicted octanol–water partition coefficient (Wildman–Crippen LogP) is 2.04. The van der Waals surface area contributed by atoms with E-state index in [1.807, 2.05) is 0 Å². The van der Waals surface area contributed by atoms with E-state index in [0.29, 0.717) is 0 Å². The van der Waals surface area contributed by atoms with Crippen molar-refractivity contribution in [3.63, 3.8) is 0 Å². The molecule has 9 heteroatoms. The van der Waals surface area contributed by atoms with Gasteiger partial charge in [0, 0.05) is 6.92 Å². The molecule has 9 nitrogen and oxygen atoms in total. The molecule has 1 rings (SSSR count). The molecule has 0 aromatic heterocycles. The Balaban J connectivity index is 3.37. The molecule has 0 fully saturated rings. The van der Waals surface area contributed by atoms with E-state index >= 15 is 0 Å². The maximum Gasteiger partial charge on any atom is 0.344 e. The molecule has 0 saturated heterocycles. The molecule has 1 amide bonds. The van der Waals surface area contributed by atoms with Crippen LogP contribution in [0.3, 0.4) is 0 Å². The Labute approximate surface area is 138 Å². The van der Waals surface area contributed by atoms with Crippen LogP contribution in [0.2, 0.25) is 0 Å². The molecule has 0 spiro atoms. The molecule has 1 aromatic carbocycles. The Hall–Kier alpha value is -2.84. The first-order chi connectivity index (χ1) is 11.2. The Morgan fingerprint density at radius 1 is 1.38 bits per heavy atom. The molecule has 0 radical (unpaired) electrons. The van der Waals surface area contributed by atoms with E-state index in [0.717, 1.165) is 6.07 Å². The summed E-state index contributed by atoms with van der Waals surface area (Å²) < 4.78 is 10.5. The van der Waals surface area contributed by atoms with Gasteiger partial charge >= 0.3 is 5.97 Å². The van der Waals surface area contributed by atoms with Crippen molar-refractivity contribution in [2.75, 3.05) is 7.11 Å². The summed E-state index contributed by atoms with van der Waals surface area (Å²) >= 11 is 0. The van der Waals surface area contributed by atoms with Crippen LogP contribution in [0.4, 0.5) is 5.69 Å². The number of nitro benzene ring substituents is 1. The summed E-state index contributed by atoms with van der Waals surface area (Å²) in [4.78, 5) is 33.0. The molecule has 2 unspecified atom stereocenters. The summed E-state index contributed by atoms with van der Waals surface area (Å²) in [6.45, 7) is 4.51. The molecular weight excluding hydrogens is 320 g/mol. The molecule has 0 saturated carbocycles. The quantitative estimate of drug-likeness (QED) is 0.547. The zero-order valence-electron chi connectivity index (χ0n) is 13.9. The van der Waals surface area contributed by atoms with Crippen LogP contribution < -0.4 is 14.8 Å². The Bertz CT molecular complexity index is 645. The number of carbonyl (C=O) groups excluding carboxylic acids is 1. The minimum atomic E-state index is -1.18. The van der Waals surface area contributed by atoms with Crippen LogP contribution >= 0.6 is 0 Å². The van der Waals surface area contributed by atoms with E-state index in [-0.39, 0.29) is 35.1 Å². The summed E-state index contributed by atoms with van der Waals surface area (Å²) in [6.07, 6.45) is -0.979. The minimum Gasteiger partial charge on any atom is -0.493 e. The number of benzene rings is 1. The lowest BCUT2D eigenvalue weighted by atomic mass is 10.0. The van der Waals surface area contributed by atoms with Gasteiger partial charge in [-0.3, -0.25) is 14.9 Å². The maximum absolute atomic E-state index is 11.3. The highest BCUT2D eigenvalue weighted by atomic mass is 16.6. The normalized spacial score (nSPS) is 12.8. The second-order valence-electron chi connectivity index (χ2n) is 5.09. The number of carboxylic acids is 1. The second-order valence-corrected chi connectivity index (χ2v) is 5.09. The maximum atomic E-state index is 11.3. The summed E-state index contributed by atoms with van der Waals surface area (Å²) in [5, 5.41) is 23.0. The molecule has 0 bridgehead atoms. The monoisotopic (exact) mass is 340 g/mol. The zero-order chi connectivity index (χ0) is 18.4. The lowest BCUT2D eigenvalue weighted by Gasteiger charge is -2.19. The van der Waals surface area contributed by atoms with E-state index in [1.165, 1.54) is 20.1 Å². The lowest BCUT2D eigenvalue weighted by Crippen LogP contribution is -2.26. The van der Waals surface area contributed by atoms with Gasteiger partial charge in [-0.2, -0.15) is 0 Å². The molecular formula is C15H20N2O7. The van der Waals surface area contributed by atoms with Crippen molar-refractivity contribution in [1.82, 2.24) is 5.32 Å². The zero-order valence-corrected chi connectivity index (χ0v) is 13.9. The van der Waals surface area contributed by atoms with Gasteiger partial charge < -0.3 is 19.9 Å². The third-order valence-electron chi connectivity index (χ3n) is 3.31. The van der Waals surface area contributed by atoms with E-state index in [1.54, 1.807) is 13.8 Å². The lowest BCUT2D eigenvalue weighted by molar-refractivity contribution is -0.385. The van der Waals surface area contributed by atoms with Gasteiger partial charge in [0.2, 0.25) is 5.91 Å². The van der Waals surface area contributed by atoms with Crippen LogP contribution in [0, 0.1) is 10.1 Å². The highest BCUT2D eigenvalue weighted by Crippen LogP contribution is 2.38. The number of nitrogens with zero attached hydrogens (tertiary/aromatic N) is 1. The third-order valence-corrected chi connectivity index (χ3v) is 3.31. The van der Waals surface area contributed by atoms with Gasteiger partial charge in [-0.15, -0.1) is 0 Å². The van der Waals surface area contributed by atoms with Gasteiger partial charge in [0.05, 0.1) is 29.7 Å². The molecule has 0 aliphatic heterocycles. The van der Waals surface area contributed by atoms with Gasteiger partial charge in [-0.25, -0.2) is 4.79 Å². The molecule has 0 heterocycles. The van der Waals surface area contributed by atoms with Crippen LogP contribution in [-0.2, 0) is 9.59 Å². The minimum absolute atomic E-state index is 0.0442. The number of nitro groups is 1. The van der Waals surface area contributed by atoms with Gasteiger partial charge in [0.25, 0.3) is 5.69 Å². The second kappa shape index (κ2) is 8.14. The highest BCUT2D eigenvalue weighted by Gasteiger charge is 2.26. The number of amides is 1. The van der Waals surface area contributed by atoms with E-state index in [4.69, 9.17) is 14.6 Å². The van der Waals surface area contributed by atoms with Crippen LogP contribution in [0.25, 0.3) is 0 Å². The summed E-state index contributed by atoms with van der Waals surface area (Å²) in [5.41, 5.74) is -0.0740. The first-order valence-electron chi connectivity index (χ1n) is 7.24. The van der Waals surface area contributed by atoms with Crippen molar-refractivity contribution < 1.29 is 29.1 Å². The first-order valence-corrected chi connectivity index (χ1v) is 7.24. The van der Waals surface area contributed by atoms with Crippen molar-refractivity contribution in [2.24, 2.45) is 0 Å². The molecule has 132 valence electrons. The van der Waals surface area contributed by atoms with Gasteiger partial charge in [-0.05, 0) is 19.4 Å². The van der Waals surface area contributed by atoms with E-state index in [9.17, 15) is 19.7 Å². The molecule has 0 aliphatic rings. The van der Waals surface area contributed by atoms with Crippen molar-refractivity contribution in [3.8, 4) is 11.5 Å². The Morgan fingerprint density at radius 2 is 2.00 bits per heavy atom. The van der Waals surface area contributed by atoms with Crippen molar-refractivity contribution in [1.29, 1.82) is 0 Å². The molecule has 2 N–H and O–H groups in total. The van der Waals surface area contributed by atoms with Crippen LogP contribution in [0.15, 0.2) is 12.1 Å². The predicted molar refractivity (Wildman–Crippen MR) is 84.2 cm³/mol. The van der Waals surface area contributed by atoms with Crippen molar-refractivity contribution in [2.45, 2.75) is 39.3 Å². The van der Waals surface area contributed by atoms with Gasteiger partial charge in [0.1, 0.15) is 0 Å². The van der Waals surface area contributed by atoms with Crippen LogP contribution in [-0.4, -0.2) is 35.1 Å². The third kappa shape index (κ3) is 4.58. The fourth-order valence-corrected chi connectivity index (χ4v) is 2.17. The Kier molecular flexibility index (Phi) is 6.51. The number of hydrogen-bond acceptors (Lipinski definition) is 6. The van der Waals surface area contributed by atoms with E-state index < -0.39 is 23.0 Å². The largest absolute Gasteiger partial charge is 0.493 e. The number of ether oxygens (including phenoxy) is 2. The molecule has 2 atom stereocenters. The van der Waals surface area contributed by atoms with Crippen molar-refractivity contribution in [3.05, 3.63) is 27.8 Å². The average Bonchev–Trinajstić information content (AvgIpc) is 2.50. The summed E-state index contributed by atoms with van der Waals surface area (Å²) in [6, 6.07) is 1.84.